The molecule has 0 atom stereocenters. The number of rotatable bonds is 15. The average molecular weight is 2440 g/mol. The number of benzene rings is 6. The third-order valence-corrected chi connectivity index (χ3v) is 22.8. The van der Waals surface area contributed by atoms with Gasteiger partial charge in [-0.1, -0.05) is 251 Å². The Bertz CT molecular complexity index is 6830. The Labute approximate surface area is 851 Å². The predicted molar refractivity (Wildman–Crippen MR) is 518 cm³/mol. The molecule has 33 heteroatoms. The van der Waals surface area contributed by atoms with Gasteiger partial charge in [-0.15, -0.1) is 0 Å². The van der Waals surface area contributed by atoms with Crippen LogP contribution in [0.1, 0.15) is 239 Å². The van der Waals surface area contributed by atoms with E-state index >= 15 is 0 Å². The summed E-state index contributed by atoms with van der Waals surface area (Å²) < 4.78 is 117. The van der Waals surface area contributed by atoms with E-state index in [9.17, 15) is 39.5 Å². The largest absolute Gasteiger partial charge is 2.00 e. The number of halogens is 9. The van der Waals surface area contributed by atoms with E-state index in [0.29, 0.717) is 87.5 Å². The molecule has 12 heterocycles. The number of fused-ring (bicyclic) bond motifs is 3. The van der Waals surface area contributed by atoms with Crippen LogP contribution < -0.4 is 30.6 Å². The van der Waals surface area contributed by atoms with E-state index < -0.39 is 35.6 Å². The molecule has 0 bridgehead atoms. The van der Waals surface area contributed by atoms with E-state index in [2.05, 4.69) is 297 Å². The maximum absolute atomic E-state index is 13.0. The molecule has 732 valence electrons. The Morgan fingerprint density at radius 1 is 0.271 bits per heavy atom. The Morgan fingerprint density at radius 3 is 0.893 bits per heavy atom. The molecule has 0 fully saturated rings. The summed E-state index contributed by atoms with van der Waals surface area (Å²) >= 11 is 0. The normalized spacial score (nSPS) is 11.7. The zero-order valence-electron chi connectivity index (χ0n) is 81.1. The summed E-state index contributed by atoms with van der Waals surface area (Å²) in [5, 5.41) is 49.4. The van der Waals surface area contributed by atoms with Crippen molar-refractivity contribution in [2.75, 3.05) is 0 Å². The molecule has 0 saturated carbocycles. The number of alkyl halides is 9. The Balaban J connectivity index is 0.000000178. The minimum Gasteiger partial charge on any atom is -0.573 e. The fourth-order valence-electron chi connectivity index (χ4n) is 15.8. The Kier molecular flexibility index (Phi) is 36.2. The van der Waals surface area contributed by atoms with Crippen molar-refractivity contribution in [3.05, 3.63) is 304 Å². The van der Waals surface area contributed by atoms with Crippen molar-refractivity contribution < 1.29 is 103 Å². The van der Waals surface area contributed by atoms with E-state index in [4.69, 9.17) is 0 Å². The molecular formula is C107H106F9N21Pt3. The summed E-state index contributed by atoms with van der Waals surface area (Å²) in [6.07, 6.45) is -3.35. The quantitative estimate of drug-likeness (QED) is 0.0862. The zero-order chi connectivity index (χ0) is 98.9. The second-order valence-corrected chi connectivity index (χ2v) is 37.1. The minimum absolute atomic E-state index is 0. The molecule has 0 aliphatic heterocycles. The molecule has 0 aliphatic rings. The fourth-order valence-corrected chi connectivity index (χ4v) is 15.8. The van der Waals surface area contributed by atoms with Crippen LogP contribution >= 0.6 is 0 Å². The van der Waals surface area contributed by atoms with Crippen LogP contribution in [-0.2, 0) is 92.6 Å². The monoisotopic (exact) mass is 2440 g/mol. The Hall–Kier alpha value is -12.5. The molecule has 0 aliphatic carbocycles. The molecule has 18 aromatic rings. The van der Waals surface area contributed by atoms with Gasteiger partial charge in [0.25, 0.3) is 0 Å². The van der Waals surface area contributed by atoms with Crippen molar-refractivity contribution in [3.63, 3.8) is 0 Å². The molecule has 0 amide bonds. The van der Waals surface area contributed by atoms with Crippen LogP contribution in [0.15, 0.2) is 225 Å². The second kappa shape index (κ2) is 46.3. The fraction of sp³-hybridized carbons (Fsp3) is 0.299. The summed E-state index contributed by atoms with van der Waals surface area (Å²) in [7, 11) is 0. The van der Waals surface area contributed by atoms with E-state index in [1.165, 1.54) is 55.6 Å². The SMILES string of the molecule is CC(C)c1cccc(C(C)C)c1-c1ccc2c(-c3cc(C(F)(F)F)n[n-]3)nccc2c1.CC(C)c1cccc(C(C)C)c1-c1ccc2c(-c3cc(C(F)(F)F)n[n-]3)nccc2c1.CC(C)c1cccc(C(C)C)c1-c1cnc(-c2cc(C(F)(F)F)n[n-]2)c2ccccc12.Cc1n[n-]c(-c2cc(C(C)(C)C)ccn2)n1.Cc1n[n-]c(-c2cc(C(C)(C)C)ccn2)n1.Cc1n[n-]c(-c2ccccn2)n1.[Pt+2].[Pt+2].[Pt+2]. The second-order valence-electron chi connectivity index (χ2n) is 37.1. The molecule has 140 heavy (non-hydrogen) atoms. The third kappa shape index (κ3) is 26.4. The number of hydrogen-bond donors (Lipinski definition) is 0. The van der Waals surface area contributed by atoms with E-state index in [-0.39, 0.29) is 91.1 Å². The Morgan fingerprint density at radius 2 is 0.586 bits per heavy atom. The molecular weight excluding hydrogens is 2340 g/mol. The summed E-state index contributed by atoms with van der Waals surface area (Å²) in [5.74, 6) is 5.88. The van der Waals surface area contributed by atoms with Gasteiger partial charge >= 0.3 is 81.7 Å². The predicted octanol–water partition coefficient (Wildman–Crippen LogP) is 26.6. The molecule has 18 rings (SSSR count). The maximum Gasteiger partial charge on any atom is 2.00 e. The van der Waals surface area contributed by atoms with Crippen LogP contribution in [0, 0.1) is 20.8 Å². The third-order valence-electron chi connectivity index (χ3n) is 22.8. The van der Waals surface area contributed by atoms with Gasteiger partial charge in [-0.05, 0) is 252 Å². The minimum atomic E-state index is -4.54. The molecule has 0 saturated heterocycles. The van der Waals surface area contributed by atoms with E-state index in [1.807, 2.05) is 117 Å². The maximum atomic E-state index is 13.0. The standard InChI is InChI=1S/3C25H23F3N3.2C12H15N4.C8H7N4.3Pt/c1-14(2)16-10-7-11-17(15(3)4)23(16)20-13-29-24(19-9-6-5-8-18(19)20)21-12-22(31-30-21)25(26,27)28;2*1-14(2)18-6-5-7-19(15(3)4)23(18)17-8-9-20-16(12-17)10-11-29-24(20)21-13-22(31-30-21)25(26,27)28;2*1-8-14-11(16-15-8)10-7-9(5-6-13-10)12(2,3)4;1-6-10-8(12-11-6)7-4-2-3-5-9-7;;;/h3*5-15H,1-4H3;2*5-7H,1-4H3;2-5H,1H3;;;/q6*-1;3*+2. The molecule has 12 aromatic heterocycles. The van der Waals surface area contributed by atoms with Gasteiger partial charge in [0.05, 0.1) is 34.2 Å². The molecule has 21 nitrogen and oxygen atoms in total. The van der Waals surface area contributed by atoms with Crippen molar-refractivity contribution in [1.82, 2.24) is 106 Å². The van der Waals surface area contributed by atoms with Gasteiger partial charge in [0.1, 0.15) is 17.1 Å². The van der Waals surface area contributed by atoms with Gasteiger partial charge in [-0.2, -0.15) is 39.5 Å². The summed E-state index contributed by atoms with van der Waals surface area (Å²) in [4.78, 5) is 38.3. The van der Waals surface area contributed by atoms with Crippen molar-refractivity contribution in [2.24, 2.45) is 0 Å². The van der Waals surface area contributed by atoms with Gasteiger partial charge in [0.2, 0.25) is 0 Å². The first-order chi connectivity index (χ1) is 64.8. The smallest absolute Gasteiger partial charge is 0.573 e. The number of aryl methyl sites for hydroxylation is 3. The van der Waals surface area contributed by atoms with Crippen LogP contribution in [0.5, 0.6) is 0 Å². The van der Waals surface area contributed by atoms with Crippen LogP contribution in [0.4, 0.5) is 39.5 Å². The number of pyridine rings is 6. The zero-order valence-corrected chi connectivity index (χ0v) is 87.9. The molecule has 0 radical (unpaired) electrons. The molecule has 0 unspecified atom stereocenters. The summed E-state index contributed by atoms with van der Waals surface area (Å²) in [6, 6.07) is 59.1. The van der Waals surface area contributed by atoms with Crippen molar-refractivity contribution in [1.29, 1.82) is 0 Å². The van der Waals surface area contributed by atoms with E-state index in [1.54, 1.807) is 44.1 Å². The van der Waals surface area contributed by atoms with Crippen molar-refractivity contribution >= 4 is 32.3 Å². The van der Waals surface area contributed by atoms with Gasteiger partial charge in [-0.25, -0.2) is 0 Å². The summed E-state index contributed by atoms with van der Waals surface area (Å²) in [5.41, 5.74) is 17.8. The topological polar surface area (TPSA) is 278 Å². The van der Waals surface area contributed by atoms with Gasteiger partial charge < -0.3 is 60.8 Å². The first kappa shape index (κ1) is 109. The molecule has 0 spiro atoms. The van der Waals surface area contributed by atoms with Gasteiger partial charge in [-0.3, -0.25) is 45.2 Å². The molecule has 6 aromatic carbocycles. The van der Waals surface area contributed by atoms with E-state index in [0.717, 1.165) is 89.9 Å². The van der Waals surface area contributed by atoms with Gasteiger partial charge in [0.15, 0.2) is 0 Å². The van der Waals surface area contributed by atoms with Crippen LogP contribution in [0.25, 0.3) is 134 Å². The van der Waals surface area contributed by atoms with Gasteiger partial charge in [0, 0.05) is 76.4 Å². The number of hydrogen-bond acceptors (Lipinski definition) is 15. The summed E-state index contributed by atoms with van der Waals surface area (Å²) in [6.45, 7) is 44.5. The van der Waals surface area contributed by atoms with Crippen molar-refractivity contribution in [3.8, 4) is 102 Å². The first-order valence-electron chi connectivity index (χ1n) is 45.0. The number of aromatic nitrogens is 21. The number of nitrogens with zero attached hydrogens (tertiary/aromatic N) is 21. The van der Waals surface area contributed by atoms with Crippen molar-refractivity contribution in [2.45, 2.75) is 210 Å². The van der Waals surface area contributed by atoms with Crippen LogP contribution in [-0.4, -0.2) is 75.4 Å². The van der Waals surface area contributed by atoms with Crippen LogP contribution in [0.3, 0.4) is 0 Å². The average Bonchev–Trinajstić information content (AvgIpc) is 1.24. The molecule has 0 N–H and O–H groups in total. The van der Waals surface area contributed by atoms with Crippen LogP contribution in [0.2, 0.25) is 0 Å². The first-order valence-corrected chi connectivity index (χ1v) is 45.0.